The van der Waals surface area contributed by atoms with Crippen LogP contribution >= 0.6 is 0 Å². The van der Waals surface area contributed by atoms with Gasteiger partial charge in [0.1, 0.15) is 0 Å². The molecule has 3 N–H and O–H groups in total. The van der Waals surface area contributed by atoms with Gasteiger partial charge in [0, 0.05) is 29.7 Å². The van der Waals surface area contributed by atoms with E-state index in [0.29, 0.717) is 13.0 Å². The van der Waals surface area contributed by atoms with Crippen LogP contribution in [0.4, 0.5) is 0 Å². The lowest BCUT2D eigenvalue weighted by Crippen LogP contribution is -2.22. The first-order valence-electron chi connectivity index (χ1n) is 7.13. The van der Waals surface area contributed by atoms with Gasteiger partial charge in [-0.1, -0.05) is 18.2 Å². The average molecular weight is 282 g/mol. The van der Waals surface area contributed by atoms with Crippen molar-refractivity contribution in [1.29, 1.82) is 0 Å². The van der Waals surface area contributed by atoms with E-state index in [0.717, 1.165) is 24.1 Å². The molecule has 0 unspecified atom stereocenters. The number of aromatic nitrogens is 3. The molecule has 2 aromatic heterocycles. The van der Waals surface area contributed by atoms with Crippen LogP contribution in [0.1, 0.15) is 24.1 Å². The molecule has 5 nitrogen and oxygen atoms in total. The van der Waals surface area contributed by atoms with Crippen LogP contribution < -0.4 is 5.32 Å². The maximum Gasteiger partial charge on any atom is 0.220 e. The molecular formula is C16H18N4O. The van der Waals surface area contributed by atoms with Crippen LogP contribution in [0.2, 0.25) is 0 Å². The number of fused-ring (bicyclic) bond motifs is 1. The zero-order valence-electron chi connectivity index (χ0n) is 11.7. The van der Waals surface area contributed by atoms with Crippen molar-refractivity contribution < 1.29 is 4.79 Å². The summed E-state index contributed by atoms with van der Waals surface area (Å²) in [4.78, 5) is 15.0. The highest BCUT2D eigenvalue weighted by molar-refractivity contribution is 5.83. The quantitative estimate of drug-likeness (QED) is 0.650. The first-order chi connectivity index (χ1) is 10.3. The summed E-state index contributed by atoms with van der Waals surface area (Å²) < 4.78 is 0. The number of para-hydroxylation sites is 1. The molecule has 0 bridgehead atoms. The van der Waals surface area contributed by atoms with Gasteiger partial charge in [0.25, 0.3) is 0 Å². The average Bonchev–Trinajstić information content (AvgIpc) is 3.15. The Balaban J connectivity index is 1.46. The number of carbonyl (C=O) groups excluding carboxylic acids is 1. The summed E-state index contributed by atoms with van der Waals surface area (Å²) in [5.74, 6) is 0.0736. The van der Waals surface area contributed by atoms with E-state index in [1.807, 2.05) is 24.4 Å². The van der Waals surface area contributed by atoms with Crippen molar-refractivity contribution in [3.8, 4) is 0 Å². The number of amides is 1. The third-order valence-corrected chi connectivity index (χ3v) is 3.56. The van der Waals surface area contributed by atoms with Gasteiger partial charge in [-0.05, 0) is 30.5 Å². The van der Waals surface area contributed by atoms with Gasteiger partial charge in [0.2, 0.25) is 5.91 Å². The second kappa shape index (κ2) is 6.26. The number of rotatable bonds is 6. The minimum absolute atomic E-state index is 0.0736. The minimum atomic E-state index is 0.0736. The third-order valence-electron chi connectivity index (χ3n) is 3.56. The third kappa shape index (κ3) is 3.31. The molecule has 0 spiro atoms. The van der Waals surface area contributed by atoms with Crippen LogP contribution in [-0.4, -0.2) is 21.1 Å². The molecule has 0 fully saturated rings. The number of carbonyl (C=O) groups is 1. The molecular weight excluding hydrogens is 264 g/mol. The standard InChI is InChI=1S/C16H18N4O/c21-16(18-11-13-8-9-19-20-13)7-3-4-12-10-17-15-6-2-1-5-14(12)15/h1-2,5-6,8-10,17H,3-4,7,11H2,(H,18,21)(H,19,20). The molecule has 0 saturated heterocycles. The molecule has 3 aromatic rings. The van der Waals surface area contributed by atoms with Crippen molar-refractivity contribution in [3.05, 3.63) is 54.0 Å². The second-order valence-electron chi connectivity index (χ2n) is 5.07. The minimum Gasteiger partial charge on any atom is -0.361 e. The van der Waals surface area contributed by atoms with Crippen LogP contribution in [0.15, 0.2) is 42.7 Å². The van der Waals surface area contributed by atoms with Crippen molar-refractivity contribution in [2.45, 2.75) is 25.8 Å². The van der Waals surface area contributed by atoms with Crippen LogP contribution in [0.3, 0.4) is 0 Å². The summed E-state index contributed by atoms with van der Waals surface area (Å²) in [5, 5.41) is 10.8. The summed E-state index contributed by atoms with van der Waals surface area (Å²) in [6.45, 7) is 0.506. The van der Waals surface area contributed by atoms with Crippen molar-refractivity contribution in [3.63, 3.8) is 0 Å². The van der Waals surface area contributed by atoms with Gasteiger partial charge in [-0.15, -0.1) is 0 Å². The van der Waals surface area contributed by atoms with Gasteiger partial charge in [-0.2, -0.15) is 5.10 Å². The van der Waals surface area contributed by atoms with Gasteiger partial charge in [-0.3, -0.25) is 9.89 Å². The molecule has 2 heterocycles. The van der Waals surface area contributed by atoms with Gasteiger partial charge in [-0.25, -0.2) is 0 Å². The zero-order valence-corrected chi connectivity index (χ0v) is 11.7. The van der Waals surface area contributed by atoms with E-state index >= 15 is 0 Å². The fourth-order valence-corrected chi connectivity index (χ4v) is 2.44. The Labute approximate surface area is 122 Å². The molecule has 0 saturated carbocycles. The predicted octanol–water partition coefficient (Wildman–Crippen LogP) is 2.53. The molecule has 1 amide bonds. The van der Waals surface area contributed by atoms with E-state index in [9.17, 15) is 4.79 Å². The van der Waals surface area contributed by atoms with Gasteiger partial charge in [0.05, 0.1) is 12.2 Å². The van der Waals surface area contributed by atoms with E-state index < -0.39 is 0 Å². The zero-order chi connectivity index (χ0) is 14.5. The first kappa shape index (κ1) is 13.4. The number of H-pyrrole nitrogens is 2. The molecule has 3 rings (SSSR count). The van der Waals surface area contributed by atoms with Crippen LogP contribution in [0.5, 0.6) is 0 Å². The van der Waals surface area contributed by atoms with E-state index in [4.69, 9.17) is 0 Å². The van der Waals surface area contributed by atoms with Crippen LogP contribution in [-0.2, 0) is 17.8 Å². The van der Waals surface area contributed by atoms with E-state index in [-0.39, 0.29) is 5.91 Å². The Morgan fingerprint density at radius 1 is 1.24 bits per heavy atom. The highest BCUT2D eigenvalue weighted by atomic mass is 16.1. The first-order valence-corrected chi connectivity index (χ1v) is 7.13. The maximum absolute atomic E-state index is 11.8. The fraction of sp³-hybridized carbons (Fsp3) is 0.250. The normalized spacial score (nSPS) is 10.9. The molecule has 0 aliphatic heterocycles. The highest BCUT2D eigenvalue weighted by Crippen LogP contribution is 2.19. The number of hydrogen-bond acceptors (Lipinski definition) is 2. The van der Waals surface area contributed by atoms with Gasteiger partial charge >= 0.3 is 0 Å². The van der Waals surface area contributed by atoms with Crippen molar-refractivity contribution >= 4 is 16.8 Å². The van der Waals surface area contributed by atoms with E-state index in [2.05, 4.69) is 32.6 Å². The Morgan fingerprint density at radius 2 is 2.14 bits per heavy atom. The lowest BCUT2D eigenvalue weighted by atomic mass is 10.1. The molecule has 0 radical (unpaired) electrons. The number of nitrogens with one attached hydrogen (secondary N) is 3. The Morgan fingerprint density at radius 3 is 3.00 bits per heavy atom. The van der Waals surface area contributed by atoms with Crippen molar-refractivity contribution in [2.75, 3.05) is 0 Å². The Bertz CT molecular complexity index is 715. The van der Waals surface area contributed by atoms with Gasteiger partial charge in [0.15, 0.2) is 0 Å². The van der Waals surface area contributed by atoms with E-state index in [1.54, 1.807) is 6.20 Å². The van der Waals surface area contributed by atoms with Crippen molar-refractivity contribution in [1.82, 2.24) is 20.5 Å². The summed E-state index contributed by atoms with van der Waals surface area (Å²) in [6.07, 6.45) is 6.00. The number of hydrogen-bond donors (Lipinski definition) is 3. The molecule has 21 heavy (non-hydrogen) atoms. The fourth-order valence-electron chi connectivity index (χ4n) is 2.44. The lowest BCUT2D eigenvalue weighted by Gasteiger charge is -2.03. The molecule has 0 aliphatic rings. The number of aromatic amines is 2. The predicted molar refractivity (Wildman–Crippen MR) is 81.7 cm³/mol. The number of aryl methyl sites for hydroxylation is 1. The lowest BCUT2D eigenvalue weighted by molar-refractivity contribution is -0.121. The molecule has 0 atom stereocenters. The molecule has 108 valence electrons. The smallest absolute Gasteiger partial charge is 0.220 e. The molecule has 1 aromatic carbocycles. The number of benzene rings is 1. The summed E-state index contributed by atoms with van der Waals surface area (Å²) in [5.41, 5.74) is 3.34. The highest BCUT2D eigenvalue weighted by Gasteiger charge is 2.05. The summed E-state index contributed by atoms with van der Waals surface area (Å²) in [7, 11) is 0. The summed E-state index contributed by atoms with van der Waals surface area (Å²) in [6, 6.07) is 10.1. The Kier molecular flexibility index (Phi) is 4.00. The molecule has 5 heteroatoms. The molecule has 0 aliphatic carbocycles. The number of nitrogens with zero attached hydrogens (tertiary/aromatic N) is 1. The van der Waals surface area contributed by atoms with E-state index in [1.165, 1.54) is 10.9 Å². The second-order valence-corrected chi connectivity index (χ2v) is 5.07. The maximum atomic E-state index is 11.8. The SMILES string of the molecule is O=C(CCCc1c[nH]c2ccccc12)NCc1ccn[nH]1. The monoisotopic (exact) mass is 282 g/mol. The van der Waals surface area contributed by atoms with Crippen LogP contribution in [0.25, 0.3) is 10.9 Å². The summed E-state index contributed by atoms with van der Waals surface area (Å²) >= 11 is 0. The van der Waals surface area contributed by atoms with Crippen molar-refractivity contribution in [2.24, 2.45) is 0 Å². The van der Waals surface area contributed by atoms with Crippen LogP contribution in [0, 0.1) is 0 Å². The topological polar surface area (TPSA) is 73.6 Å². The Hall–Kier alpha value is -2.56. The largest absolute Gasteiger partial charge is 0.361 e. The van der Waals surface area contributed by atoms with Gasteiger partial charge < -0.3 is 10.3 Å².